The number of rotatable bonds is 3. The van der Waals surface area contributed by atoms with E-state index in [1.54, 1.807) is 0 Å². The summed E-state index contributed by atoms with van der Waals surface area (Å²) in [7, 11) is 0. The predicted molar refractivity (Wildman–Crippen MR) is 67.5 cm³/mol. The Morgan fingerprint density at radius 2 is 2.07 bits per heavy atom. The summed E-state index contributed by atoms with van der Waals surface area (Å²) in [5, 5.41) is 1.63. The van der Waals surface area contributed by atoms with Crippen molar-refractivity contribution >= 4 is 23.4 Å². The van der Waals surface area contributed by atoms with Crippen LogP contribution < -0.4 is 5.73 Å². The zero-order chi connectivity index (χ0) is 10.7. The monoisotopic (exact) mass is 241 g/mol. The maximum atomic E-state index is 6.21. The van der Waals surface area contributed by atoms with E-state index in [-0.39, 0.29) is 0 Å². The molecule has 0 atom stereocenters. The first-order chi connectivity index (χ1) is 7.29. The van der Waals surface area contributed by atoms with Gasteiger partial charge in [-0.05, 0) is 30.5 Å². The van der Waals surface area contributed by atoms with Crippen molar-refractivity contribution in [3.05, 3.63) is 28.8 Å². The van der Waals surface area contributed by atoms with Crippen molar-refractivity contribution in [1.29, 1.82) is 0 Å². The third-order valence-corrected chi connectivity index (χ3v) is 4.67. The largest absolute Gasteiger partial charge is 0.326 e. The van der Waals surface area contributed by atoms with Crippen LogP contribution in [0.2, 0.25) is 5.02 Å². The maximum Gasteiger partial charge on any atom is 0.0545 e. The SMILES string of the molecule is NCc1ccc(SC2CCCC2)c(Cl)c1. The second kappa shape index (κ2) is 5.24. The Bertz CT molecular complexity index is 334. The summed E-state index contributed by atoms with van der Waals surface area (Å²) in [5.74, 6) is 0. The Morgan fingerprint density at radius 1 is 1.33 bits per heavy atom. The molecule has 0 bridgehead atoms. The molecule has 0 amide bonds. The summed E-state index contributed by atoms with van der Waals surface area (Å²) < 4.78 is 0. The fourth-order valence-electron chi connectivity index (χ4n) is 1.95. The molecule has 1 saturated carbocycles. The average Bonchev–Trinajstić information content (AvgIpc) is 2.74. The lowest BCUT2D eigenvalue weighted by Gasteiger charge is -2.10. The molecule has 2 rings (SSSR count). The fraction of sp³-hybridized carbons (Fsp3) is 0.500. The van der Waals surface area contributed by atoms with Crippen molar-refractivity contribution in [2.75, 3.05) is 0 Å². The van der Waals surface area contributed by atoms with E-state index < -0.39 is 0 Å². The second-order valence-electron chi connectivity index (χ2n) is 3.99. The number of nitrogens with two attached hydrogens (primary N) is 1. The molecule has 0 aromatic heterocycles. The molecule has 0 saturated heterocycles. The second-order valence-corrected chi connectivity index (χ2v) is 5.74. The number of hydrogen-bond donors (Lipinski definition) is 1. The van der Waals surface area contributed by atoms with Crippen LogP contribution in [0.5, 0.6) is 0 Å². The van der Waals surface area contributed by atoms with Gasteiger partial charge in [-0.1, -0.05) is 30.5 Å². The van der Waals surface area contributed by atoms with Crippen molar-refractivity contribution in [1.82, 2.24) is 0 Å². The third-order valence-electron chi connectivity index (χ3n) is 2.83. The first-order valence-corrected chi connectivity index (χ1v) is 6.70. The van der Waals surface area contributed by atoms with Gasteiger partial charge >= 0.3 is 0 Å². The Balaban J connectivity index is 2.07. The summed E-state index contributed by atoms with van der Waals surface area (Å²) in [4.78, 5) is 1.21. The van der Waals surface area contributed by atoms with Crippen LogP contribution in [-0.2, 0) is 6.54 Å². The topological polar surface area (TPSA) is 26.0 Å². The van der Waals surface area contributed by atoms with Gasteiger partial charge in [0.15, 0.2) is 0 Å². The number of thioether (sulfide) groups is 1. The highest BCUT2D eigenvalue weighted by Gasteiger charge is 2.17. The van der Waals surface area contributed by atoms with Crippen LogP contribution in [0.25, 0.3) is 0 Å². The van der Waals surface area contributed by atoms with Crippen LogP contribution in [0, 0.1) is 0 Å². The van der Waals surface area contributed by atoms with Gasteiger partial charge in [0.05, 0.1) is 5.02 Å². The van der Waals surface area contributed by atoms with Crippen LogP contribution in [0.4, 0.5) is 0 Å². The van der Waals surface area contributed by atoms with Crippen molar-refractivity contribution in [2.45, 2.75) is 42.4 Å². The summed E-state index contributed by atoms with van der Waals surface area (Å²) in [6.45, 7) is 0.564. The minimum atomic E-state index is 0.564. The normalized spacial score (nSPS) is 17.2. The molecule has 82 valence electrons. The van der Waals surface area contributed by atoms with Gasteiger partial charge in [0.2, 0.25) is 0 Å². The zero-order valence-electron chi connectivity index (χ0n) is 8.71. The lowest BCUT2D eigenvalue weighted by Crippen LogP contribution is -1.97. The van der Waals surface area contributed by atoms with Gasteiger partial charge in [0.1, 0.15) is 0 Å². The highest BCUT2D eigenvalue weighted by Crippen LogP contribution is 2.38. The Kier molecular flexibility index (Phi) is 3.95. The molecule has 0 spiro atoms. The predicted octanol–water partition coefficient (Wildman–Crippen LogP) is 3.83. The first-order valence-electron chi connectivity index (χ1n) is 5.45. The molecular weight excluding hydrogens is 226 g/mol. The number of halogens is 1. The van der Waals surface area contributed by atoms with Crippen LogP contribution in [0.3, 0.4) is 0 Å². The van der Waals surface area contributed by atoms with Gasteiger partial charge in [0.25, 0.3) is 0 Å². The summed E-state index contributed by atoms with van der Waals surface area (Å²) >= 11 is 8.13. The molecular formula is C12H16ClNS. The lowest BCUT2D eigenvalue weighted by molar-refractivity contribution is 0.886. The maximum absolute atomic E-state index is 6.21. The number of hydrogen-bond acceptors (Lipinski definition) is 2. The van der Waals surface area contributed by atoms with Crippen LogP contribution in [0.15, 0.2) is 23.1 Å². The lowest BCUT2D eigenvalue weighted by atomic mass is 10.2. The summed E-state index contributed by atoms with van der Waals surface area (Å²) in [6, 6.07) is 6.16. The molecule has 1 nitrogen and oxygen atoms in total. The highest BCUT2D eigenvalue weighted by atomic mass is 35.5. The minimum absolute atomic E-state index is 0.564. The molecule has 0 unspecified atom stereocenters. The minimum Gasteiger partial charge on any atom is -0.326 e. The Labute approximate surface area is 100 Å². The van der Waals surface area contributed by atoms with Crippen LogP contribution in [0.1, 0.15) is 31.2 Å². The molecule has 1 aromatic carbocycles. The summed E-state index contributed by atoms with van der Waals surface area (Å²) in [5.41, 5.74) is 6.67. The third kappa shape index (κ3) is 2.90. The Hall–Kier alpha value is -0.180. The van der Waals surface area contributed by atoms with E-state index in [0.29, 0.717) is 6.54 Å². The molecule has 1 aromatic rings. The van der Waals surface area contributed by atoms with Crippen LogP contribution >= 0.6 is 23.4 Å². The van der Waals surface area contributed by atoms with Crippen molar-refractivity contribution in [2.24, 2.45) is 5.73 Å². The van der Waals surface area contributed by atoms with Gasteiger partial charge in [-0.15, -0.1) is 11.8 Å². The van der Waals surface area contributed by atoms with Gasteiger partial charge < -0.3 is 5.73 Å². The fourth-order valence-corrected chi connectivity index (χ4v) is 3.54. The molecule has 2 N–H and O–H groups in total. The molecule has 0 radical (unpaired) electrons. The van der Waals surface area contributed by atoms with E-state index in [2.05, 4.69) is 12.1 Å². The Morgan fingerprint density at radius 3 is 2.67 bits per heavy atom. The van der Waals surface area contributed by atoms with E-state index in [9.17, 15) is 0 Å². The molecule has 1 fully saturated rings. The van der Waals surface area contributed by atoms with E-state index >= 15 is 0 Å². The van der Waals surface area contributed by atoms with E-state index in [1.165, 1.54) is 30.6 Å². The van der Waals surface area contributed by atoms with E-state index in [4.69, 9.17) is 17.3 Å². The summed E-state index contributed by atoms with van der Waals surface area (Å²) in [6.07, 6.45) is 5.41. The average molecular weight is 242 g/mol. The molecule has 3 heteroatoms. The van der Waals surface area contributed by atoms with Gasteiger partial charge in [-0.25, -0.2) is 0 Å². The smallest absolute Gasteiger partial charge is 0.0545 e. The standard InChI is InChI=1S/C12H16ClNS/c13-11-7-9(8-14)5-6-12(11)15-10-3-1-2-4-10/h5-7,10H,1-4,8,14H2. The van der Waals surface area contributed by atoms with Gasteiger partial charge in [-0.3, -0.25) is 0 Å². The molecule has 1 aliphatic carbocycles. The molecule has 0 heterocycles. The molecule has 1 aliphatic rings. The van der Waals surface area contributed by atoms with Crippen LogP contribution in [-0.4, -0.2) is 5.25 Å². The van der Waals surface area contributed by atoms with Crippen molar-refractivity contribution in [3.63, 3.8) is 0 Å². The number of benzene rings is 1. The quantitative estimate of drug-likeness (QED) is 0.871. The van der Waals surface area contributed by atoms with E-state index in [1.807, 2.05) is 17.8 Å². The van der Waals surface area contributed by atoms with Gasteiger partial charge in [0, 0.05) is 16.7 Å². The van der Waals surface area contributed by atoms with Crippen molar-refractivity contribution < 1.29 is 0 Å². The van der Waals surface area contributed by atoms with Gasteiger partial charge in [-0.2, -0.15) is 0 Å². The highest BCUT2D eigenvalue weighted by molar-refractivity contribution is 8.00. The van der Waals surface area contributed by atoms with Crippen molar-refractivity contribution in [3.8, 4) is 0 Å². The van der Waals surface area contributed by atoms with E-state index in [0.717, 1.165) is 15.8 Å². The molecule has 15 heavy (non-hydrogen) atoms. The molecule has 0 aliphatic heterocycles. The zero-order valence-corrected chi connectivity index (χ0v) is 10.3. The first kappa shape index (κ1) is 11.3.